The minimum Gasteiger partial charge on any atom is -0.212 e. The zero-order valence-corrected chi connectivity index (χ0v) is 11.7. The van der Waals surface area contributed by atoms with Gasteiger partial charge >= 0.3 is 0 Å². The summed E-state index contributed by atoms with van der Waals surface area (Å²) in [5.41, 5.74) is 1.97. The zero-order chi connectivity index (χ0) is 12.5. The molecule has 1 heterocycles. The summed E-state index contributed by atoms with van der Waals surface area (Å²) in [5.74, 6) is 1.01. The fraction of sp³-hybridized carbons (Fsp3) is 0.500. The van der Waals surface area contributed by atoms with Crippen LogP contribution in [0.2, 0.25) is 0 Å². The second-order valence-electron chi connectivity index (χ2n) is 4.33. The summed E-state index contributed by atoms with van der Waals surface area (Å²) in [6, 6.07) is 7.69. The second kappa shape index (κ2) is 5.00. The molecule has 1 fully saturated rings. The molecule has 1 unspecified atom stereocenters. The average Bonchev–Trinajstić information content (AvgIpc) is 2.64. The SMILES string of the molecule is Cc1cccc(CS(=O)(=O)N2CCSC2C)c1. The van der Waals surface area contributed by atoms with Crippen molar-refractivity contribution in [1.29, 1.82) is 0 Å². The van der Waals surface area contributed by atoms with E-state index < -0.39 is 10.0 Å². The normalized spacial score (nSPS) is 21.9. The lowest BCUT2D eigenvalue weighted by atomic mass is 10.2. The van der Waals surface area contributed by atoms with Gasteiger partial charge in [-0.2, -0.15) is 4.31 Å². The van der Waals surface area contributed by atoms with Crippen molar-refractivity contribution in [2.45, 2.75) is 25.0 Å². The largest absolute Gasteiger partial charge is 0.219 e. The summed E-state index contributed by atoms with van der Waals surface area (Å²) in [4.78, 5) is 0. The molecule has 1 aromatic rings. The van der Waals surface area contributed by atoms with Gasteiger partial charge in [-0.05, 0) is 19.4 Å². The smallest absolute Gasteiger partial charge is 0.212 e. The molecule has 0 aliphatic carbocycles. The molecule has 3 nitrogen and oxygen atoms in total. The van der Waals surface area contributed by atoms with Crippen molar-refractivity contribution in [3.63, 3.8) is 0 Å². The monoisotopic (exact) mass is 271 g/mol. The highest BCUT2D eigenvalue weighted by Gasteiger charge is 2.31. The van der Waals surface area contributed by atoms with Crippen LogP contribution < -0.4 is 0 Å². The maximum absolute atomic E-state index is 12.2. The van der Waals surface area contributed by atoms with Crippen molar-refractivity contribution in [3.8, 4) is 0 Å². The van der Waals surface area contributed by atoms with Crippen molar-refractivity contribution >= 4 is 21.8 Å². The standard InChI is InChI=1S/C12H17NO2S2/c1-10-4-3-5-12(8-10)9-17(14,15)13-6-7-16-11(13)2/h3-5,8,11H,6-7,9H2,1-2H3. The Morgan fingerprint density at radius 1 is 1.47 bits per heavy atom. The van der Waals surface area contributed by atoms with E-state index in [0.717, 1.165) is 16.9 Å². The zero-order valence-electron chi connectivity index (χ0n) is 10.1. The number of nitrogens with zero attached hydrogens (tertiary/aromatic N) is 1. The Bertz CT molecular complexity index is 499. The molecule has 1 aromatic carbocycles. The minimum absolute atomic E-state index is 0.0739. The minimum atomic E-state index is -3.17. The molecular formula is C12H17NO2S2. The Morgan fingerprint density at radius 2 is 2.24 bits per heavy atom. The molecule has 0 amide bonds. The van der Waals surface area contributed by atoms with Crippen molar-refractivity contribution in [1.82, 2.24) is 4.31 Å². The third kappa shape index (κ3) is 3.03. The van der Waals surface area contributed by atoms with E-state index in [0.29, 0.717) is 6.54 Å². The summed E-state index contributed by atoms with van der Waals surface area (Å²) in [7, 11) is -3.17. The highest BCUT2D eigenvalue weighted by atomic mass is 32.2. The van der Waals surface area contributed by atoms with Crippen LogP contribution in [-0.2, 0) is 15.8 Å². The molecular weight excluding hydrogens is 254 g/mol. The predicted octanol–water partition coefficient (Wildman–Crippen LogP) is 2.22. The van der Waals surface area contributed by atoms with Crippen LogP contribution >= 0.6 is 11.8 Å². The van der Waals surface area contributed by atoms with Crippen LogP contribution in [0.1, 0.15) is 18.1 Å². The Morgan fingerprint density at radius 3 is 2.82 bits per heavy atom. The lowest BCUT2D eigenvalue weighted by Gasteiger charge is -2.20. The quantitative estimate of drug-likeness (QED) is 0.846. The first-order valence-corrected chi connectivity index (χ1v) is 8.31. The van der Waals surface area contributed by atoms with Gasteiger partial charge < -0.3 is 0 Å². The van der Waals surface area contributed by atoms with E-state index >= 15 is 0 Å². The molecule has 5 heteroatoms. The Hall–Kier alpha value is -0.520. The number of hydrogen-bond acceptors (Lipinski definition) is 3. The van der Waals surface area contributed by atoms with Gasteiger partial charge in [0, 0.05) is 12.3 Å². The van der Waals surface area contributed by atoms with Gasteiger partial charge in [-0.15, -0.1) is 11.8 Å². The number of hydrogen-bond donors (Lipinski definition) is 0. The van der Waals surface area contributed by atoms with E-state index in [1.54, 1.807) is 16.1 Å². The van der Waals surface area contributed by atoms with Crippen LogP contribution in [0.15, 0.2) is 24.3 Å². The first-order valence-electron chi connectivity index (χ1n) is 5.66. The summed E-state index contributed by atoms with van der Waals surface area (Å²) in [5, 5.41) is 0.0739. The van der Waals surface area contributed by atoms with Gasteiger partial charge in [0.2, 0.25) is 10.0 Å². The Labute approximate surface area is 107 Å². The molecule has 0 radical (unpaired) electrons. The highest BCUT2D eigenvalue weighted by Crippen LogP contribution is 2.27. The molecule has 17 heavy (non-hydrogen) atoms. The summed E-state index contributed by atoms with van der Waals surface area (Å²) < 4.78 is 26.1. The van der Waals surface area contributed by atoms with E-state index in [9.17, 15) is 8.42 Å². The second-order valence-corrected chi connectivity index (χ2v) is 7.67. The highest BCUT2D eigenvalue weighted by molar-refractivity contribution is 8.01. The molecule has 1 saturated heterocycles. The number of benzene rings is 1. The van der Waals surface area contributed by atoms with E-state index in [-0.39, 0.29) is 11.1 Å². The van der Waals surface area contributed by atoms with Crippen molar-refractivity contribution in [2.24, 2.45) is 0 Å². The van der Waals surface area contributed by atoms with E-state index in [1.165, 1.54) is 0 Å². The topological polar surface area (TPSA) is 37.4 Å². The lowest BCUT2D eigenvalue weighted by molar-refractivity contribution is 0.441. The molecule has 1 atom stereocenters. The molecule has 0 spiro atoms. The first-order chi connectivity index (χ1) is 7.99. The van der Waals surface area contributed by atoms with E-state index in [4.69, 9.17) is 0 Å². The van der Waals surface area contributed by atoms with Crippen LogP contribution in [-0.4, -0.2) is 30.4 Å². The van der Waals surface area contributed by atoms with Crippen molar-refractivity contribution < 1.29 is 8.42 Å². The van der Waals surface area contributed by atoms with Gasteiger partial charge in [0.05, 0.1) is 11.1 Å². The third-order valence-corrected chi connectivity index (χ3v) is 6.07. The summed E-state index contributed by atoms with van der Waals surface area (Å²) in [6.07, 6.45) is 0. The van der Waals surface area contributed by atoms with Gasteiger partial charge in [-0.1, -0.05) is 29.8 Å². The average molecular weight is 271 g/mol. The fourth-order valence-corrected chi connectivity index (χ4v) is 5.23. The van der Waals surface area contributed by atoms with E-state index in [1.807, 2.05) is 38.1 Å². The fourth-order valence-electron chi connectivity index (χ4n) is 2.04. The maximum Gasteiger partial charge on any atom is 0.219 e. The number of rotatable bonds is 3. The Balaban J connectivity index is 2.17. The molecule has 0 saturated carbocycles. The van der Waals surface area contributed by atoms with Gasteiger partial charge in [-0.3, -0.25) is 0 Å². The predicted molar refractivity (Wildman–Crippen MR) is 72.4 cm³/mol. The Kier molecular flexibility index (Phi) is 3.80. The first kappa shape index (κ1) is 12.9. The maximum atomic E-state index is 12.2. The van der Waals surface area contributed by atoms with Crippen LogP contribution in [0.4, 0.5) is 0 Å². The van der Waals surface area contributed by atoms with Gasteiger partial charge in [0.1, 0.15) is 0 Å². The summed E-state index contributed by atoms with van der Waals surface area (Å²) in [6.45, 7) is 4.57. The lowest BCUT2D eigenvalue weighted by Crippen LogP contribution is -2.34. The molecule has 0 aromatic heterocycles. The number of aryl methyl sites for hydroxylation is 1. The van der Waals surface area contributed by atoms with Gasteiger partial charge in [-0.25, -0.2) is 8.42 Å². The van der Waals surface area contributed by atoms with Crippen LogP contribution in [0, 0.1) is 6.92 Å². The molecule has 2 rings (SSSR count). The number of sulfonamides is 1. The molecule has 0 N–H and O–H groups in total. The molecule has 94 valence electrons. The van der Waals surface area contributed by atoms with Crippen LogP contribution in [0.3, 0.4) is 0 Å². The van der Waals surface area contributed by atoms with Crippen LogP contribution in [0.5, 0.6) is 0 Å². The van der Waals surface area contributed by atoms with Crippen LogP contribution in [0.25, 0.3) is 0 Å². The number of thioether (sulfide) groups is 1. The van der Waals surface area contributed by atoms with Crippen molar-refractivity contribution in [2.75, 3.05) is 12.3 Å². The third-order valence-electron chi connectivity index (χ3n) is 2.87. The molecule has 0 bridgehead atoms. The van der Waals surface area contributed by atoms with E-state index in [2.05, 4.69) is 0 Å². The molecule has 1 aliphatic heterocycles. The van der Waals surface area contributed by atoms with Gasteiger partial charge in [0.25, 0.3) is 0 Å². The summed E-state index contributed by atoms with van der Waals surface area (Å²) >= 11 is 1.69. The van der Waals surface area contributed by atoms with Gasteiger partial charge in [0.15, 0.2) is 0 Å². The van der Waals surface area contributed by atoms with Crippen molar-refractivity contribution in [3.05, 3.63) is 35.4 Å². The molecule has 1 aliphatic rings.